The van der Waals surface area contributed by atoms with Crippen LogP contribution in [-0.4, -0.2) is 11.7 Å². The van der Waals surface area contributed by atoms with E-state index < -0.39 is 6.17 Å². The van der Waals surface area contributed by atoms with Crippen LogP contribution in [0.25, 0.3) is 66.4 Å². The molecule has 0 fully saturated rings. The summed E-state index contributed by atoms with van der Waals surface area (Å²) in [7, 11) is 0. The number of nitrogens with one attached hydrogen (secondary N) is 1. The Morgan fingerprint density at radius 2 is 0.927 bits per heavy atom. The summed E-state index contributed by atoms with van der Waals surface area (Å²) >= 11 is 0. The standard InChI is InChI=1S/C51H35N3O/c1-5-15-34(16-6-1)40-23-13-24-41(33-40)35-27-29-36(30-28-35)42-25-14-26-43-44-31-32-45(46(48(44)55-47(42)43)37-17-7-2-8-18-37)51-53-49(38-19-9-3-10-20-38)52-50(54-51)39-21-11-4-12-22-39/h1-33,51H,(H,52,53,54). The van der Waals surface area contributed by atoms with Crippen LogP contribution in [0, 0.1) is 0 Å². The predicted molar refractivity (Wildman–Crippen MR) is 227 cm³/mol. The summed E-state index contributed by atoms with van der Waals surface area (Å²) < 4.78 is 7.05. The molecule has 4 heteroatoms. The van der Waals surface area contributed by atoms with Crippen molar-refractivity contribution in [2.24, 2.45) is 9.98 Å². The second-order valence-corrected chi connectivity index (χ2v) is 13.8. The molecule has 1 unspecified atom stereocenters. The molecule has 0 aliphatic carbocycles. The number of furan rings is 1. The van der Waals surface area contributed by atoms with Gasteiger partial charge in [0, 0.05) is 38.6 Å². The molecule has 0 bridgehead atoms. The summed E-state index contributed by atoms with van der Waals surface area (Å²) in [5.74, 6) is 1.46. The Hall–Kier alpha value is -7.30. The summed E-state index contributed by atoms with van der Waals surface area (Å²) in [6, 6.07) is 69.8. The van der Waals surface area contributed by atoms with Crippen molar-refractivity contribution in [2.75, 3.05) is 0 Å². The molecule has 8 aromatic carbocycles. The number of nitrogens with zero attached hydrogens (tertiary/aromatic N) is 2. The summed E-state index contributed by atoms with van der Waals surface area (Å²) in [6.07, 6.45) is -0.414. The molecule has 55 heavy (non-hydrogen) atoms. The molecular weight excluding hydrogens is 671 g/mol. The van der Waals surface area contributed by atoms with E-state index in [0.717, 1.165) is 66.7 Å². The smallest absolute Gasteiger partial charge is 0.159 e. The average Bonchev–Trinajstić information content (AvgIpc) is 3.66. The van der Waals surface area contributed by atoms with Crippen LogP contribution in [0.4, 0.5) is 0 Å². The molecular formula is C51H35N3O. The quantitative estimate of drug-likeness (QED) is 0.179. The molecule has 1 aliphatic heterocycles. The topological polar surface area (TPSA) is 49.9 Å². The number of hydrogen-bond acceptors (Lipinski definition) is 4. The zero-order valence-corrected chi connectivity index (χ0v) is 29.9. The Kier molecular flexibility index (Phi) is 8.19. The maximum Gasteiger partial charge on any atom is 0.159 e. The van der Waals surface area contributed by atoms with Crippen LogP contribution in [0.1, 0.15) is 22.9 Å². The number of amidine groups is 2. The third-order valence-electron chi connectivity index (χ3n) is 10.4. The maximum absolute atomic E-state index is 7.05. The zero-order chi connectivity index (χ0) is 36.6. The minimum absolute atomic E-state index is 0.414. The Morgan fingerprint density at radius 1 is 0.400 bits per heavy atom. The lowest BCUT2D eigenvalue weighted by Crippen LogP contribution is -2.33. The van der Waals surface area contributed by atoms with E-state index in [1.54, 1.807) is 0 Å². The first-order valence-electron chi connectivity index (χ1n) is 18.6. The monoisotopic (exact) mass is 705 g/mol. The van der Waals surface area contributed by atoms with Crippen molar-refractivity contribution in [1.82, 2.24) is 5.32 Å². The highest BCUT2D eigenvalue weighted by Gasteiger charge is 2.27. The lowest BCUT2D eigenvalue weighted by atomic mass is 9.94. The van der Waals surface area contributed by atoms with Crippen molar-refractivity contribution in [3.05, 3.63) is 217 Å². The van der Waals surface area contributed by atoms with E-state index in [2.05, 4.69) is 163 Å². The molecule has 260 valence electrons. The van der Waals surface area contributed by atoms with Gasteiger partial charge < -0.3 is 9.73 Å². The summed E-state index contributed by atoms with van der Waals surface area (Å²) in [4.78, 5) is 10.3. The van der Waals surface area contributed by atoms with Gasteiger partial charge in [-0.2, -0.15) is 0 Å². The Bertz CT molecular complexity index is 2860. The van der Waals surface area contributed by atoms with Crippen molar-refractivity contribution < 1.29 is 4.42 Å². The number of para-hydroxylation sites is 1. The lowest BCUT2D eigenvalue weighted by Gasteiger charge is -2.25. The predicted octanol–water partition coefficient (Wildman–Crippen LogP) is 12.7. The molecule has 0 radical (unpaired) electrons. The first-order chi connectivity index (χ1) is 27.3. The maximum atomic E-state index is 7.05. The van der Waals surface area contributed by atoms with E-state index >= 15 is 0 Å². The molecule has 0 amide bonds. The van der Waals surface area contributed by atoms with Crippen LogP contribution < -0.4 is 5.32 Å². The summed E-state index contributed by atoms with van der Waals surface area (Å²) in [5, 5.41) is 5.82. The Labute approximate surface area is 319 Å². The van der Waals surface area contributed by atoms with Gasteiger partial charge in [-0.1, -0.05) is 194 Å². The number of fused-ring (bicyclic) bond motifs is 3. The Morgan fingerprint density at radius 3 is 1.60 bits per heavy atom. The molecule has 0 saturated heterocycles. The molecule has 1 N–H and O–H groups in total. The van der Waals surface area contributed by atoms with E-state index in [0.29, 0.717) is 5.84 Å². The fourth-order valence-electron chi connectivity index (χ4n) is 7.65. The average molecular weight is 706 g/mol. The van der Waals surface area contributed by atoms with Gasteiger partial charge in [0.25, 0.3) is 0 Å². The van der Waals surface area contributed by atoms with Gasteiger partial charge in [0.15, 0.2) is 5.84 Å². The van der Waals surface area contributed by atoms with Gasteiger partial charge in [0.05, 0.1) is 0 Å². The minimum Gasteiger partial charge on any atom is -0.455 e. The van der Waals surface area contributed by atoms with Crippen LogP contribution in [0.5, 0.6) is 0 Å². The fraction of sp³-hybridized carbons (Fsp3) is 0.0196. The van der Waals surface area contributed by atoms with Gasteiger partial charge in [-0.25, -0.2) is 9.98 Å². The van der Waals surface area contributed by atoms with Crippen molar-refractivity contribution >= 4 is 33.6 Å². The molecule has 1 aromatic heterocycles. The fourth-order valence-corrected chi connectivity index (χ4v) is 7.65. The second-order valence-electron chi connectivity index (χ2n) is 13.8. The molecule has 0 saturated carbocycles. The highest BCUT2D eigenvalue weighted by atomic mass is 16.3. The van der Waals surface area contributed by atoms with E-state index in [1.165, 1.54) is 22.3 Å². The number of hydrogen-bond donors (Lipinski definition) is 1. The first-order valence-corrected chi connectivity index (χ1v) is 18.6. The third kappa shape index (κ3) is 6.10. The molecule has 1 atom stereocenters. The molecule has 9 aromatic rings. The number of benzene rings is 8. The van der Waals surface area contributed by atoms with Crippen molar-refractivity contribution in [1.29, 1.82) is 0 Å². The van der Waals surface area contributed by atoms with Crippen LogP contribution in [0.2, 0.25) is 0 Å². The summed E-state index contributed by atoms with van der Waals surface area (Å²) in [5.41, 5.74) is 13.7. The van der Waals surface area contributed by atoms with Crippen molar-refractivity contribution in [3.8, 4) is 44.5 Å². The first kappa shape index (κ1) is 32.4. The second kappa shape index (κ2) is 13.9. The molecule has 2 heterocycles. The van der Waals surface area contributed by atoms with Gasteiger partial charge in [-0.15, -0.1) is 0 Å². The Balaban J connectivity index is 1.09. The highest BCUT2D eigenvalue weighted by molar-refractivity contribution is 6.15. The van der Waals surface area contributed by atoms with Gasteiger partial charge in [0.1, 0.15) is 23.2 Å². The van der Waals surface area contributed by atoms with Gasteiger partial charge in [0.2, 0.25) is 0 Å². The van der Waals surface area contributed by atoms with Crippen LogP contribution >= 0.6 is 0 Å². The van der Waals surface area contributed by atoms with Crippen molar-refractivity contribution in [3.63, 3.8) is 0 Å². The van der Waals surface area contributed by atoms with Crippen LogP contribution in [0.15, 0.2) is 215 Å². The minimum atomic E-state index is -0.414. The number of aliphatic imine (C=N–C) groups is 2. The van der Waals surface area contributed by atoms with Gasteiger partial charge in [-0.3, -0.25) is 0 Å². The molecule has 10 rings (SSSR count). The number of rotatable bonds is 7. The zero-order valence-electron chi connectivity index (χ0n) is 29.9. The lowest BCUT2D eigenvalue weighted by molar-refractivity contribution is 0.658. The van der Waals surface area contributed by atoms with Gasteiger partial charge in [-0.05, 0) is 39.4 Å². The largest absolute Gasteiger partial charge is 0.455 e. The third-order valence-corrected chi connectivity index (χ3v) is 10.4. The van der Waals surface area contributed by atoms with E-state index in [-0.39, 0.29) is 0 Å². The van der Waals surface area contributed by atoms with E-state index in [4.69, 9.17) is 14.4 Å². The van der Waals surface area contributed by atoms with E-state index in [1.807, 2.05) is 42.5 Å². The normalized spacial score (nSPS) is 14.0. The van der Waals surface area contributed by atoms with Gasteiger partial charge >= 0.3 is 0 Å². The molecule has 1 aliphatic rings. The SMILES string of the molecule is c1ccc(C2=NC(c3ccc4c(oc5c(-c6ccc(-c7cccc(-c8ccccc8)c7)cc6)cccc54)c3-c3ccccc3)NC(c3ccccc3)=N2)cc1. The van der Waals surface area contributed by atoms with Crippen LogP contribution in [0.3, 0.4) is 0 Å². The van der Waals surface area contributed by atoms with Crippen LogP contribution in [-0.2, 0) is 0 Å². The summed E-state index contributed by atoms with van der Waals surface area (Å²) in [6.45, 7) is 0. The molecule has 0 spiro atoms. The van der Waals surface area contributed by atoms with E-state index in [9.17, 15) is 0 Å². The molecule has 4 nitrogen and oxygen atoms in total. The van der Waals surface area contributed by atoms with Crippen molar-refractivity contribution in [2.45, 2.75) is 6.17 Å². The highest BCUT2D eigenvalue weighted by Crippen LogP contribution is 2.43.